The molecule has 0 amide bonds. The van der Waals surface area contributed by atoms with Gasteiger partial charge < -0.3 is 13.1 Å². The summed E-state index contributed by atoms with van der Waals surface area (Å²) in [7, 11) is 0. The minimum atomic E-state index is -1.83. The third-order valence-electron chi connectivity index (χ3n) is 0. The predicted molar refractivity (Wildman–Crippen MR) is 18.6 cm³/mol. The molecule has 0 saturated carbocycles. The summed E-state index contributed by atoms with van der Waals surface area (Å²) in [6, 6.07) is 0. The molecule has 0 aromatic heterocycles. The van der Waals surface area contributed by atoms with Crippen molar-refractivity contribution in [3.63, 3.8) is 0 Å². The summed E-state index contributed by atoms with van der Waals surface area (Å²) in [6.45, 7) is 0. The van der Waals surface area contributed by atoms with Crippen LogP contribution in [0.5, 0.6) is 0 Å². The Balaban J connectivity index is -0.00000000450. The summed E-state index contributed by atoms with van der Waals surface area (Å²) in [5.74, 6) is 0. The average molecular weight is 254 g/mol. The van der Waals surface area contributed by atoms with E-state index in [0.717, 1.165) is 0 Å². The Morgan fingerprint density at radius 2 is 1.43 bits per heavy atom. The van der Waals surface area contributed by atoms with Gasteiger partial charge in [-0.2, -0.15) is 0 Å². The Bertz CT molecular complexity index is 44.8. The molecule has 0 aliphatic carbocycles. The maximum Gasteiger partial charge on any atom is 2.00 e. The maximum absolute atomic E-state index is 8.56. The van der Waals surface area contributed by atoms with Crippen LogP contribution in [-0.2, 0) is 43.0 Å². The van der Waals surface area contributed by atoms with Crippen LogP contribution < -0.4 is 0 Å². The molecular weight excluding hydrogens is 250 g/mol. The van der Waals surface area contributed by atoms with E-state index in [0.29, 0.717) is 0 Å². The van der Waals surface area contributed by atoms with E-state index in [1.807, 2.05) is 0 Å². The van der Waals surface area contributed by atoms with Crippen molar-refractivity contribution in [1.82, 2.24) is 0 Å². The van der Waals surface area contributed by atoms with Crippen LogP contribution in [0.1, 0.15) is 2.85 Å². The third-order valence-corrected chi connectivity index (χ3v) is 0. The molecule has 0 heterocycles. The Labute approximate surface area is 103 Å². The van der Waals surface area contributed by atoms with Gasteiger partial charge in [0.1, 0.15) is 0 Å². The first kappa shape index (κ1) is 23.1. The zero-order chi connectivity index (χ0) is 3.58. The molecule has 0 atom stereocenters. The van der Waals surface area contributed by atoms with Gasteiger partial charge in [-0.25, -0.2) is 4.79 Å². The largest absolute Gasteiger partial charge is 2.00 e. The monoisotopic (exact) mass is 253 g/mol. The van der Waals surface area contributed by atoms with Gasteiger partial charge in [0, 0.05) is 43.0 Å². The summed E-state index contributed by atoms with van der Waals surface area (Å²) in [5.41, 5.74) is 0. The van der Waals surface area contributed by atoms with Crippen LogP contribution in [0.15, 0.2) is 0 Å². The van der Waals surface area contributed by atoms with Crippen LogP contribution >= 0.6 is 0 Å². The number of carboxylic acid groups (broad SMARTS) is 2. The van der Waals surface area contributed by atoms with Gasteiger partial charge in [-0.05, 0) is 0 Å². The molecule has 0 spiro atoms. The van der Waals surface area contributed by atoms with Crippen molar-refractivity contribution < 1.29 is 60.8 Å². The number of hydrogen-bond donors (Lipinski definition) is 2. The average Bonchev–Trinajstić information content (AvgIpc) is 0.811. The quantitative estimate of drug-likeness (QED) is 0.601. The number of rotatable bonds is 0. The van der Waals surface area contributed by atoms with Crippen LogP contribution in [0.2, 0.25) is 0 Å². The molecule has 0 saturated heterocycles. The molecule has 0 aromatic rings. The van der Waals surface area contributed by atoms with Gasteiger partial charge >= 0.3 is 43.9 Å². The minimum Gasteiger partial charge on any atom is -1.00 e. The van der Waals surface area contributed by atoms with E-state index < -0.39 is 6.16 Å². The molecule has 7 heavy (non-hydrogen) atoms. The smallest absolute Gasteiger partial charge is 1.00 e. The molecule has 6 heteroatoms. The van der Waals surface area contributed by atoms with Gasteiger partial charge in [-0.15, -0.1) is 0 Å². The SMILES string of the molecule is O=C(O)O.[Ca+2].[Co].[H-].[H-].[Zr]. The summed E-state index contributed by atoms with van der Waals surface area (Å²) in [6.07, 6.45) is -1.83. The molecule has 0 aliphatic rings. The Morgan fingerprint density at radius 1 is 1.43 bits per heavy atom. The van der Waals surface area contributed by atoms with Gasteiger partial charge in [0.05, 0.1) is 0 Å². The zero-order valence-corrected chi connectivity index (χ0v) is 9.05. The van der Waals surface area contributed by atoms with Crippen LogP contribution in [0.3, 0.4) is 0 Å². The summed E-state index contributed by atoms with van der Waals surface area (Å²) >= 11 is 0. The molecule has 1 radical (unpaired) electrons. The van der Waals surface area contributed by atoms with Crippen molar-refractivity contribution in [2.75, 3.05) is 0 Å². The molecule has 3 nitrogen and oxygen atoms in total. The molecule has 41 valence electrons. The first-order valence-corrected chi connectivity index (χ1v) is 0.651. The second kappa shape index (κ2) is 15.7. The third kappa shape index (κ3) is 75.3. The minimum absolute atomic E-state index is 0. The van der Waals surface area contributed by atoms with Crippen molar-refractivity contribution in [2.24, 2.45) is 0 Å². The summed E-state index contributed by atoms with van der Waals surface area (Å²) in [5, 5.41) is 13.9. The molecular formula is CH4CaCoO3Zr. The first-order chi connectivity index (χ1) is 1.73. The van der Waals surface area contributed by atoms with Crippen molar-refractivity contribution >= 4 is 43.9 Å². The van der Waals surface area contributed by atoms with E-state index in [4.69, 9.17) is 15.0 Å². The standard InChI is InChI=1S/CH2O3.Ca.Co.Zr.2H/c2-1(3)4;;;;;/h(H2,2,3,4);;;;;/q;+2;;;2*-1. The van der Waals surface area contributed by atoms with Gasteiger partial charge in [0.15, 0.2) is 0 Å². The molecule has 0 bridgehead atoms. The predicted octanol–water partition coefficient (Wildman–Crippen LogP) is 0.0616. The molecule has 0 unspecified atom stereocenters. The van der Waals surface area contributed by atoms with Crippen LogP contribution in [0.25, 0.3) is 0 Å². The summed E-state index contributed by atoms with van der Waals surface area (Å²) in [4.78, 5) is 8.56. The Morgan fingerprint density at radius 3 is 1.43 bits per heavy atom. The first-order valence-electron chi connectivity index (χ1n) is 0.651. The maximum atomic E-state index is 8.56. The fraction of sp³-hybridized carbons (Fsp3) is 0. The van der Waals surface area contributed by atoms with Gasteiger partial charge in [-0.3, -0.25) is 0 Å². The van der Waals surface area contributed by atoms with Gasteiger partial charge in [0.2, 0.25) is 0 Å². The van der Waals surface area contributed by atoms with Gasteiger partial charge in [-0.1, -0.05) is 0 Å². The Hall–Kier alpha value is 1.92. The number of hydrogen-bond acceptors (Lipinski definition) is 1. The molecule has 0 fully saturated rings. The second-order valence-corrected chi connectivity index (χ2v) is 0.283. The molecule has 0 aromatic carbocycles. The molecule has 0 rings (SSSR count). The van der Waals surface area contributed by atoms with Crippen LogP contribution in [0, 0.1) is 0 Å². The van der Waals surface area contributed by atoms with E-state index in [1.165, 1.54) is 0 Å². The normalized spacial score (nSPS) is 3.43. The van der Waals surface area contributed by atoms with E-state index >= 15 is 0 Å². The van der Waals surface area contributed by atoms with E-state index in [1.54, 1.807) is 0 Å². The van der Waals surface area contributed by atoms with Crippen LogP contribution in [-0.4, -0.2) is 54.1 Å². The van der Waals surface area contributed by atoms with Gasteiger partial charge in [0.25, 0.3) is 0 Å². The molecule has 2 N–H and O–H groups in total. The van der Waals surface area contributed by atoms with E-state index in [9.17, 15) is 0 Å². The fourth-order valence-electron chi connectivity index (χ4n) is 0. The van der Waals surface area contributed by atoms with E-state index in [2.05, 4.69) is 0 Å². The Kier molecular flexibility index (Phi) is 51.7. The number of carbonyl (C=O) groups is 1. The van der Waals surface area contributed by atoms with E-state index in [-0.39, 0.29) is 83.6 Å². The van der Waals surface area contributed by atoms with Crippen LogP contribution in [0.4, 0.5) is 4.79 Å². The zero-order valence-electron chi connectivity index (χ0n) is 5.34. The topological polar surface area (TPSA) is 57.5 Å². The molecule has 0 aliphatic heterocycles. The van der Waals surface area contributed by atoms with Crippen molar-refractivity contribution in [3.05, 3.63) is 0 Å². The fourth-order valence-corrected chi connectivity index (χ4v) is 0. The second-order valence-electron chi connectivity index (χ2n) is 0.283. The van der Waals surface area contributed by atoms with Crippen molar-refractivity contribution in [3.8, 4) is 0 Å². The summed E-state index contributed by atoms with van der Waals surface area (Å²) < 4.78 is 0. The van der Waals surface area contributed by atoms with Crippen molar-refractivity contribution in [1.29, 1.82) is 0 Å². The van der Waals surface area contributed by atoms with Crippen molar-refractivity contribution in [2.45, 2.75) is 0 Å².